The van der Waals surface area contributed by atoms with Crippen LogP contribution in [0.5, 0.6) is 11.5 Å². The first kappa shape index (κ1) is 17.6. The van der Waals surface area contributed by atoms with Crippen molar-refractivity contribution in [3.05, 3.63) is 23.8 Å². The highest BCUT2D eigenvalue weighted by Crippen LogP contribution is 2.26. The molecule has 0 spiro atoms. The largest absolute Gasteiger partial charge is 0.504 e. The molecule has 0 aromatic heterocycles. The molecule has 2 N–H and O–H groups in total. The Morgan fingerprint density at radius 1 is 1.48 bits per heavy atom. The monoisotopic (exact) mass is 314 g/mol. The third-order valence-electron chi connectivity index (χ3n) is 3.65. The fourth-order valence-corrected chi connectivity index (χ4v) is 2.50. The molecule has 2 rings (SSSR count). The van der Waals surface area contributed by atoms with Gasteiger partial charge in [-0.15, -0.1) is 12.4 Å². The lowest BCUT2D eigenvalue weighted by Crippen LogP contribution is -2.46. The number of benzene rings is 1. The highest BCUT2D eigenvalue weighted by atomic mass is 35.5. The summed E-state index contributed by atoms with van der Waals surface area (Å²) in [6.45, 7) is 1.42. The quantitative estimate of drug-likeness (QED) is 0.891. The SMILES string of the molecule is COc1cc(CN(C)C(=O)C2CCCCN2)ccc1O.Cl. The van der Waals surface area contributed by atoms with E-state index in [1.54, 1.807) is 30.1 Å². The maximum absolute atomic E-state index is 12.3. The molecule has 6 heteroatoms. The van der Waals surface area contributed by atoms with Crippen molar-refractivity contribution in [2.24, 2.45) is 0 Å². The molecule has 0 radical (unpaired) electrons. The molecule has 1 aliphatic rings. The number of ether oxygens (including phenoxy) is 1. The van der Waals surface area contributed by atoms with Crippen molar-refractivity contribution in [2.45, 2.75) is 31.8 Å². The second-order valence-electron chi connectivity index (χ2n) is 5.20. The molecule has 1 aromatic carbocycles. The topological polar surface area (TPSA) is 61.8 Å². The minimum Gasteiger partial charge on any atom is -0.504 e. The lowest BCUT2D eigenvalue weighted by molar-refractivity contribution is -0.133. The van der Waals surface area contributed by atoms with Gasteiger partial charge in [-0.3, -0.25) is 4.79 Å². The highest BCUT2D eigenvalue weighted by molar-refractivity contribution is 5.85. The Morgan fingerprint density at radius 3 is 2.86 bits per heavy atom. The summed E-state index contributed by atoms with van der Waals surface area (Å²) >= 11 is 0. The summed E-state index contributed by atoms with van der Waals surface area (Å²) in [5, 5.41) is 12.8. The van der Waals surface area contributed by atoms with Crippen LogP contribution in [0.1, 0.15) is 24.8 Å². The predicted octanol–water partition coefficient (Wildman–Crippen LogP) is 1.92. The number of nitrogens with one attached hydrogen (secondary N) is 1. The predicted molar refractivity (Wildman–Crippen MR) is 84.0 cm³/mol. The zero-order chi connectivity index (χ0) is 14.5. The van der Waals surface area contributed by atoms with Crippen molar-refractivity contribution in [3.63, 3.8) is 0 Å². The molecule has 1 saturated heterocycles. The van der Waals surface area contributed by atoms with E-state index < -0.39 is 0 Å². The van der Waals surface area contributed by atoms with Gasteiger partial charge in [-0.1, -0.05) is 12.5 Å². The molecule has 1 amide bonds. The number of aromatic hydroxyl groups is 1. The maximum atomic E-state index is 12.3. The standard InChI is InChI=1S/C15H22N2O3.ClH/c1-17(15(19)12-5-3-4-8-16-12)10-11-6-7-13(18)14(9-11)20-2;/h6-7,9,12,16,18H,3-5,8,10H2,1-2H3;1H. The molecule has 0 aliphatic carbocycles. The van der Waals surface area contributed by atoms with Crippen LogP contribution < -0.4 is 10.1 Å². The number of rotatable bonds is 4. The summed E-state index contributed by atoms with van der Waals surface area (Å²) in [7, 11) is 3.32. The zero-order valence-corrected chi connectivity index (χ0v) is 13.3. The number of nitrogens with zero attached hydrogens (tertiary/aromatic N) is 1. The normalized spacial score (nSPS) is 17.7. The highest BCUT2D eigenvalue weighted by Gasteiger charge is 2.23. The molecule has 1 aliphatic heterocycles. The van der Waals surface area contributed by atoms with E-state index in [1.807, 2.05) is 0 Å². The molecule has 1 heterocycles. The van der Waals surface area contributed by atoms with Gasteiger partial charge in [-0.2, -0.15) is 0 Å². The van der Waals surface area contributed by atoms with E-state index in [4.69, 9.17) is 4.74 Å². The average Bonchev–Trinajstić information content (AvgIpc) is 2.49. The van der Waals surface area contributed by atoms with Gasteiger partial charge >= 0.3 is 0 Å². The molecule has 1 unspecified atom stereocenters. The summed E-state index contributed by atoms with van der Waals surface area (Å²) in [6.07, 6.45) is 3.15. The summed E-state index contributed by atoms with van der Waals surface area (Å²) in [6, 6.07) is 5.09. The van der Waals surface area contributed by atoms with Gasteiger partial charge in [0, 0.05) is 13.6 Å². The molecule has 0 saturated carbocycles. The Balaban J connectivity index is 0.00000220. The van der Waals surface area contributed by atoms with Crippen molar-refractivity contribution in [1.82, 2.24) is 10.2 Å². The van der Waals surface area contributed by atoms with E-state index in [1.165, 1.54) is 7.11 Å². The number of phenols is 1. The molecule has 1 atom stereocenters. The fourth-order valence-electron chi connectivity index (χ4n) is 2.50. The van der Waals surface area contributed by atoms with E-state index >= 15 is 0 Å². The van der Waals surface area contributed by atoms with E-state index in [2.05, 4.69) is 5.32 Å². The van der Waals surface area contributed by atoms with Gasteiger partial charge in [-0.05, 0) is 37.1 Å². The number of likely N-dealkylation sites (N-methyl/N-ethyl adjacent to an activating group) is 1. The van der Waals surface area contributed by atoms with Gasteiger partial charge in [0.15, 0.2) is 11.5 Å². The number of amides is 1. The lowest BCUT2D eigenvalue weighted by atomic mass is 10.0. The molecule has 1 fully saturated rings. The first-order chi connectivity index (χ1) is 9.61. The van der Waals surface area contributed by atoms with Gasteiger partial charge < -0.3 is 20.1 Å². The Hall–Kier alpha value is -1.46. The van der Waals surface area contributed by atoms with Crippen molar-refractivity contribution >= 4 is 18.3 Å². The van der Waals surface area contributed by atoms with Crippen LogP contribution in [0.3, 0.4) is 0 Å². The van der Waals surface area contributed by atoms with Crippen LogP contribution in [-0.4, -0.2) is 42.7 Å². The first-order valence-corrected chi connectivity index (χ1v) is 6.96. The smallest absolute Gasteiger partial charge is 0.239 e. The lowest BCUT2D eigenvalue weighted by Gasteiger charge is -2.27. The van der Waals surface area contributed by atoms with Crippen LogP contribution in [0.25, 0.3) is 0 Å². The summed E-state index contributed by atoms with van der Waals surface area (Å²) < 4.78 is 5.08. The third kappa shape index (κ3) is 4.51. The average molecular weight is 315 g/mol. The fraction of sp³-hybridized carbons (Fsp3) is 0.533. The van der Waals surface area contributed by atoms with Crippen LogP contribution in [-0.2, 0) is 11.3 Å². The summed E-state index contributed by atoms with van der Waals surface area (Å²) in [5.41, 5.74) is 0.936. The molecule has 21 heavy (non-hydrogen) atoms. The Bertz CT molecular complexity index is 476. The van der Waals surface area contributed by atoms with Gasteiger partial charge in [0.05, 0.1) is 13.2 Å². The number of hydrogen-bond acceptors (Lipinski definition) is 4. The van der Waals surface area contributed by atoms with Crippen molar-refractivity contribution in [2.75, 3.05) is 20.7 Å². The number of methoxy groups -OCH3 is 1. The van der Waals surface area contributed by atoms with E-state index in [0.29, 0.717) is 12.3 Å². The summed E-state index contributed by atoms with van der Waals surface area (Å²) in [5.74, 6) is 0.662. The molecular weight excluding hydrogens is 292 g/mol. The number of halogens is 1. The third-order valence-corrected chi connectivity index (χ3v) is 3.65. The maximum Gasteiger partial charge on any atom is 0.239 e. The van der Waals surface area contributed by atoms with E-state index in [0.717, 1.165) is 31.4 Å². The minimum atomic E-state index is -0.0623. The minimum absolute atomic E-state index is 0. The van der Waals surface area contributed by atoms with E-state index in [9.17, 15) is 9.90 Å². The number of piperidine rings is 1. The van der Waals surface area contributed by atoms with Crippen molar-refractivity contribution < 1.29 is 14.6 Å². The Kier molecular flexibility index (Phi) is 6.78. The van der Waals surface area contributed by atoms with Crippen molar-refractivity contribution in [3.8, 4) is 11.5 Å². The van der Waals surface area contributed by atoms with Crippen LogP contribution in [0.2, 0.25) is 0 Å². The molecule has 1 aromatic rings. The number of carbonyl (C=O) groups excluding carboxylic acids is 1. The number of phenolic OH excluding ortho intramolecular Hbond substituents is 1. The first-order valence-electron chi connectivity index (χ1n) is 6.96. The van der Waals surface area contributed by atoms with Crippen molar-refractivity contribution in [1.29, 1.82) is 0 Å². The van der Waals surface area contributed by atoms with Crippen LogP contribution >= 0.6 is 12.4 Å². The number of carbonyl (C=O) groups is 1. The van der Waals surface area contributed by atoms with Gasteiger partial charge in [0.1, 0.15) is 0 Å². The molecule has 5 nitrogen and oxygen atoms in total. The van der Waals surface area contributed by atoms with Gasteiger partial charge in [0.25, 0.3) is 0 Å². The molecular formula is C15H23ClN2O3. The number of hydrogen-bond donors (Lipinski definition) is 2. The van der Waals surface area contributed by atoms with Crippen LogP contribution in [0.15, 0.2) is 18.2 Å². The second kappa shape index (κ2) is 8.10. The Labute approximate surface area is 131 Å². The Morgan fingerprint density at radius 2 is 2.24 bits per heavy atom. The van der Waals surface area contributed by atoms with Crippen LogP contribution in [0, 0.1) is 0 Å². The summed E-state index contributed by atoms with van der Waals surface area (Å²) in [4.78, 5) is 14.0. The zero-order valence-electron chi connectivity index (χ0n) is 12.5. The van der Waals surface area contributed by atoms with Crippen LogP contribution in [0.4, 0.5) is 0 Å². The molecule has 0 bridgehead atoms. The van der Waals surface area contributed by atoms with Gasteiger partial charge in [-0.25, -0.2) is 0 Å². The van der Waals surface area contributed by atoms with E-state index in [-0.39, 0.29) is 30.1 Å². The van der Waals surface area contributed by atoms with Gasteiger partial charge in [0.2, 0.25) is 5.91 Å². The second-order valence-corrected chi connectivity index (χ2v) is 5.20. The molecule has 118 valence electrons.